The molecule has 1 aromatic heterocycles. The van der Waals surface area contributed by atoms with E-state index in [-0.39, 0.29) is 30.4 Å². The minimum atomic E-state index is -1.35. The normalized spacial score (nSPS) is 18.0. The first-order valence-electron chi connectivity index (χ1n) is 10.7. The van der Waals surface area contributed by atoms with Gasteiger partial charge in [0.05, 0.1) is 13.2 Å². The Bertz CT molecular complexity index is 1050. The third kappa shape index (κ3) is 4.37. The summed E-state index contributed by atoms with van der Waals surface area (Å²) in [4.78, 5) is 40.5. The number of nitrogens with zero attached hydrogens (tertiary/aromatic N) is 3. The highest BCUT2D eigenvalue weighted by atomic mass is 19.1. The molecule has 8 nitrogen and oxygen atoms in total. The van der Waals surface area contributed by atoms with Gasteiger partial charge in [-0.15, -0.1) is 0 Å². The van der Waals surface area contributed by atoms with Crippen LogP contribution in [0.25, 0.3) is 0 Å². The highest BCUT2D eigenvalue weighted by Gasteiger charge is 2.49. The smallest absolute Gasteiger partial charge is 0.358 e. The van der Waals surface area contributed by atoms with Gasteiger partial charge in [-0.25, -0.2) is 9.18 Å². The number of rotatable bonds is 7. The van der Waals surface area contributed by atoms with Gasteiger partial charge in [0, 0.05) is 18.3 Å². The molecule has 2 amide bonds. The fourth-order valence-corrected chi connectivity index (χ4v) is 3.80. The van der Waals surface area contributed by atoms with Gasteiger partial charge in [-0.2, -0.15) is 5.10 Å². The molecule has 2 heterocycles. The zero-order valence-corrected chi connectivity index (χ0v) is 19.1. The van der Waals surface area contributed by atoms with E-state index < -0.39 is 23.2 Å². The molecule has 1 aromatic carbocycles. The van der Waals surface area contributed by atoms with Crippen LogP contribution in [-0.4, -0.2) is 46.3 Å². The number of amides is 2. The van der Waals surface area contributed by atoms with Crippen LogP contribution in [0.5, 0.6) is 0 Å². The van der Waals surface area contributed by atoms with Gasteiger partial charge in [-0.1, -0.05) is 13.8 Å². The fraction of sp³-hybridized carbons (Fsp3) is 0.478. The molecule has 0 saturated carbocycles. The van der Waals surface area contributed by atoms with Gasteiger partial charge < -0.3 is 10.1 Å². The Morgan fingerprint density at radius 3 is 2.66 bits per heavy atom. The van der Waals surface area contributed by atoms with Crippen LogP contribution in [0.15, 0.2) is 24.3 Å². The standard InChI is InChI=1S/C23H29FN4O4/c1-6-32-21(30)17-12-19-20(29)28(18-8-7-16(24)11-15(18)4)23(5,13-27(19)26-17)22(31)25-10-9-14(2)3/h7-8,11-12,14H,6,9-10,13H2,1-5H3,(H,25,31). The maximum Gasteiger partial charge on any atom is 0.358 e. The summed E-state index contributed by atoms with van der Waals surface area (Å²) < 4.78 is 20.1. The van der Waals surface area contributed by atoms with Crippen LogP contribution in [0, 0.1) is 18.7 Å². The number of esters is 1. The summed E-state index contributed by atoms with van der Waals surface area (Å²) in [7, 11) is 0. The van der Waals surface area contributed by atoms with Gasteiger partial charge >= 0.3 is 5.97 Å². The summed E-state index contributed by atoms with van der Waals surface area (Å²) in [5, 5.41) is 7.14. The van der Waals surface area contributed by atoms with Crippen molar-refractivity contribution < 1.29 is 23.5 Å². The van der Waals surface area contributed by atoms with Crippen LogP contribution >= 0.6 is 0 Å². The molecule has 1 N–H and O–H groups in total. The fourth-order valence-electron chi connectivity index (χ4n) is 3.80. The summed E-state index contributed by atoms with van der Waals surface area (Å²) in [5.41, 5.74) is -0.262. The summed E-state index contributed by atoms with van der Waals surface area (Å²) in [5.74, 6) is -1.54. The molecule has 0 bridgehead atoms. The Hall–Kier alpha value is -3.23. The first-order chi connectivity index (χ1) is 15.1. The molecular formula is C23H29FN4O4. The Kier molecular flexibility index (Phi) is 6.66. The van der Waals surface area contributed by atoms with Crippen LogP contribution in [0.1, 0.15) is 60.7 Å². The Balaban J connectivity index is 2.07. The SMILES string of the molecule is CCOC(=O)c1cc2n(n1)CC(C)(C(=O)NCCC(C)C)N(c1ccc(F)cc1C)C2=O. The molecule has 32 heavy (non-hydrogen) atoms. The molecule has 0 saturated heterocycles. The van der Waals surface area contributed by atoms with E-state index in [4.69, 9.17) is 4.74 Å². The van der Waals surface area contributed by atoms with Crippen LogP contribution in [0.4, 0.5) is 10.1 Å². The van der Waals surface area contributed by atoms with Crippen molar-refractivity contribution in [2.75, 3.05) is 18.1 Å². The van der Waals surface area contributed by atoms with Gasteiger partial charge in [0.1, 0.15) is 17.1 Å². The van der Waals surface area contributed by atoms with E-state index in [1.807, 2.05) is 0 Å². The lowest BCUT2D eigenvalue weighted by atomic mass is 9.93. The average molecular weight is 445 g/mol. The highest BCUT2D eigenvalue weighted by molar-refractivity contribution is 6.12. The lowest BCUT2D eigenvalue weighted by Gasteiger charge is -2.43. The number of aromatic nitrogens is 2. The number of hydrogen-bond donors (Lipinski definition) is 1. The van der Waals surface area contributed by atoms with Gasteiger partial charge in [0.15, 0.2) is 5.69 Å². The first kappa shape index (κ1) is 23.4. The topological polar surface area (TPSA) is 93.5 Å². The number of benzene rings is 1. The van der Waals surface area contributed by atoms with Gasteiger partial charge in [-0.3, -0.25) is 19.2 Å². The quantitative estimate of drug-likeness (QED) is 0.663. The average Bonchev–Trinajstić information content (AvgIpc) is 3.13. The van der Waals surface area contributed by atoms with Crippen molar-refractivity contribution in [3.63, 3.8) is 0 Å². The molecule has 9 heteroatoms. The number of carbonyl (C=O) groups excluding carboxylic acids is 3. The number of anilines is 1. The molecule has 1 unspecified atom stereocenters. The van der Waals surface area contributed by atoms with Gasteiger partial charge in [0.25, 0.3) is 5.91 Å². The third-order valence-electron chi connectivity index (χ3n) is 5.53. The zero-order valence-electron chi connectivity index (χ0n) is 19.1. The second kappa shape index (κ2) is 9.10. The number of ether oxygens (including phenoxy) is 1. The van der Waals surface area contributed by atoms with E-state index in [1.165, 1.54) is 33.8 Å². The highest BCUT2D eigenvalue weighted by Crippen LogP contribution is 2.35. The minimum Gasteiger partial charge on any atom is -0.461 e. The molecule has 0 spiro atoms. The van der Waals surface area contributed by atoms with Crippen molar-refractivity contribution in [2.45, 2.75) is 53.1 Å². The number of hydrogen-bond acceptors (Lipinski definition) is 5. The lowest BCUT2D eigenvalue weighted by molar-refractivity contribution is -0.126. The molecule has 0 fully saturated rings. The molecule has 172 valence electrons. The molecule has 1 atom stereocenters. The van der Waals surface area contributed by atoms with E-state index in [1.54, 1.807) is 20.8 Å². The lowest BCUT2D eigenvalue weighted by Crippen LogP contribution is -2.64. The number of halogens is 1. The van der Waals surface area contributed by atoms with Crippen molar-refractivity contribution in [3.8, 4) is 0 Å². The number of carbonyl (C=O) groups is 3. The third-order valence-corrected chi connectivity index (χ3v) is 5.53. The van der Waals surface area contributed by atoms with Gasteiger partial charge in [-0.05, 0) is 56.9 Å². The van der Waals surface area contributed by atoms with Crippen molar-refractivity contribution in [1.82, 2.24) is 15.1 Å². The monoisotopic (exact) mass is 444 g/mol. The first-order valence-corrected chi connectivity index (χ1v) is 10.7. The summed E-state index contributed by atoms with van der Waals surface area (Å²) in [6.07, 6.45) is 0.783. The second-order valence-corrected chi connectivity index (χ2v) is 8.58. The Morgan fingerprint density at radius 1 is 1.31 bits per heavy atom. The van der Waals surface area contributed by atoms with Gasteiger partial charge in [0.2, 0.25) is 5.91 Å². The molecule has 3 rings (SSSR count). The van der Waals surface area contributed by atoms with Crippen LogP contribution in [0.3, 0.4) is 0 Å². The molecular weight excluding hydrogens is 415 g/mol. The van der Waals surface area contributed by atoms with Crippen molar-refractivity contribution in [1.29, 1.82) is 0 Å². The van der Waals surface area contributed by atoms with Crippen LogP contribution < -0.4 is 10.2 Å². The predicted molar refractivity (Wildman–Crippen MR) is 117 cm³/mol. The maximum atomic E-state index is 13.8. The summed E-state index contributed by atoms with van der Waals surface area (Å²) in [6.45, 7) is 9.76. The number of fused-ring (bicyclic) bond motifs is 1. The van der Waals surface area contributed by atoms with E-state index in [2.05, 4.69) is 24.3 Å². The summed E-state index contributed by atoms with van der Waals surface area (Å²) in [6, 6.07) is 5.42. The molecule has 2 aromatic rings. The largest absolute Gasteiger partial charge is 0.461 e. The van der Waals surface area contributed by atoms with Crippen LogP contribution in [0.2, 0.25) is 0 Å². The van der Waals surface area contributed by atoms with Crippen molar-refractivity contribution >= 4 is 23.5 Å². The molecule has 1 aliphatic heterocycles. The molecule has 0 radical (unpaired) electrons. The molecule has 1 aliphatic rings. The number of nitrogens with one attached hydrogen (secondary N) is 1. The number of aryl methyl sites for hydroxylation is 1. The van der Waals surface area contributed by atoms with E-state index in [0.29, 0.717) is 23.7 Å². The Morgan fingerprint density at radius 2 is 2.03 bits per heavy atom. The van der Waals surface area contributed by atoms with Crippen molar-refractivity contribution in [3.05, 3.63) is 47.0 Å². The minimum absolute atomic E-state index is 0.00422. The Labute approximate surface area is 186 Å². The van der Waals surface area contributed by atoms with E-state index in [0.717, 1.165) is 6.42 Å². The van der Waals surface area contributed by atoms with E-state index >= 15 is 0 Å². The second-order valence-electron chi connectivity index (χ2n) is 8.58. The van der Waals surface area contributed by atoms with Crippen LogP contribution in [-0.2, 0) is 16.1 Å². The summed E-state index contributed by atoms with van der Waals surface area (Å²) >= 11 is 0. The molecule has 0 aliphatic carbocycles. The van der Waals surface area contributed by atoms with Crippen molar-refractivity contribution in [2.24, 2.45) is 5.92 Å². The predicted octanol–water partition coefficient (Wildman–Crippen LogP) is 3.09. The zero-order chi connectivity index (χ0) is 23.6. The maximum absolute atomic E-state index is 13.8. The van der Waals surface area contributed by atoms with E-state index in [9.17, 15) is 18.8 Å².